The van der Waals surface area contributed by atoms with E-state index >= 15 is 0 Å². The summed E-state index contributed by atoms with van der Waals surface area (Å²) < 4.78 is 0. The lowest BCUT2D eigenvalue weighted by molar-refractivity contribution is 0.242. The number of H-pyrrole nitrogens is 1. The Bertz CT molecular complexity index is 928. The van der Waals surface area contributed by atoms with E-state index in [0.29, 0.717) is 12.4 Å². The first-order valence-corrected chi connectivity index (χ1v) is 7.70. The number of fused-ring (bicyclic) bond motifs is 2. The van der Waals surface area contributed by atoms with Gasteiger partial charge in [-0.25, -0.2) is 4.98 Å². The number of nitrogens with zero attached hydrogens (tertiary/aromatic N) is 4. The van der Waals surface area contributed by atoms with Crippen LogP contribution in [0.5, 0.6) is 0 Å². The molecule has 0 unspecified atom stereocenters. The number of benzene rings is 1. The standard InChI is InChI=1S/C17H17N5O/c1-11-20-14-5-8-22(10-13(14)17(23)21-11)9-12-3-2-4-15-16(12)19-7-6-18-15/h2-4,6-7H,5,8-10H2,1H3,(H,20,21,23). The average molecular weight is 307 g/mol. The summed E-state index contributed by atoms with van der Waals surface area (Å²) in [5.74, 6) is 0.687. The van der Waals surface area contributed by atoms with Gasteiger partial charge in [-0.3, -0.25) is 19.7 Å². The van der Waals surface area contributed by atoms with Crippen molar-refractivity contribution >= 4 is 11.0 Å². The molecule has 0 radical (unpaired) electrons. The summed E-state index contributed by atoms with van der Waals surface area (Å²) in [5, 5.41) is 0. The number of aryl methyl sites for hydroxylation is 1. The minimum atomic E-state index is -0.0186. The molecule has 0 aliphatic carbocycles. The molecule has 0 bridgehead atoms. The minimum absolute atomic E-state index is 0.0186. The highest BCUT2D eigenvalue weighted by Gasteiger charge is 2.21. The van der Waals surface area contributed by atoms with Crippen molar-refractivity contribution in [3.8, 4) is 0 Å². The molecular weight excluding hydrogens is 290 g/mol. The summed E-state index contributed by atoms with van der Waals surface area (Å²) >= 11 is 0. The third kappa shape index (κ3) is 2.61. The van der Waals surface area contributed by atoms with E-state index in [1.54, 1.807) is 12.4 Å². The van der Waals surface area contributed by atoms with Gasteiger partial charge >= 0.3 is 0 Å². The molecule has 1 N–H and O–H groups in total. The lowest BCUT2D eigenvalue weighted by atomic mass is 10.1. The Morgan fingerprint density at radius 1 is 1.26 bits per heavy atom. The van der Waals surface area contributed by atoms with Crippen molar-refractivity contribution in [2.75, 3.05) is 6.54 Å². The SMILES string of the molecule is Cc1nc2c(c(=O)[nH]1)CN(Cc1cccc3nccnc13)CC2. The van der Waals surface area contributed by atoms with Crippen LogP contribution in [0.4, 0.5) is 0 Å². The number of aromatic nitrogens is 4. The summed E-state index contributed by atoms with van der Waals surface area (Å²) in [4.78, 5) is 30.5. The van der Waals surface area contributed by atoms with Crippen LogP contribution >= 0.6 is 0 Å². The van der Waals surface area contributed by atoms with Gasteiger partial charge in [-0.05, 0) is 18.6 Å². The van der Waals surface area contributed by atoms with Crippen molar-refractivity contribution in [3.63, 3.8) is 0 Å². The quantitative estimate of drug-likeness (QED) is 0.778. The number of para-hydroxylation sites is 1. The molecule has 2 aromatic heterocycles. The summed E-state index contributed by atoms with van der Waals surface area (Å²) in [6.07, 6.45) is 4.22. The largest absolute Gasteiger partial charge is 0.310 e. The first kappa shape index (κ1) is 14.0. The van der Waals surface area contributed by atoms with Crippen molar-refractivity contribution in [3.05, 3.63) is 63.6 Å². The summed E-state index contributed by atoms with van der Waals surface area (Å²) in [5.41, 5.74) is 4.66. The normalized spacial score (nSPS) is 14.8. The van der Waals surface area contributed by atoms with Gasteiger partial charge in [0.25, 0.3) is 5.56 Å². The van der Waals surface area contributed by atoms with Crippen molar-refractivity contribution in [2.45, 2.75) is 26.4 Å². The molecule has 0 amide bonds. The molecule has 0 spiro atoms. The van der Waals surface area contributed by atoms with Crippen LogP contribution in [-0.4, -0.2) is 31.4 Å². The lowest BCUT2D eigenvalue weighted by Crippen LogP contribution is -2.35. The number of aromatic amines is 1. The average Bonchev–Trinajstić information content (AvgIpc) is 2.56. The van der Waals surface area contributed by atoms with Crippen LogP contribution in [0.3, 0.4) is 0 Å². The molecule has 1 aromatic carbocycles. The second-order valence-corrected chi connectivity index (χ2v) is 5.88. The fourth-order valence-electron chi connectivity index (χ4n) is 3.16. The number of hydrogen-bond donors (Lipinski definition) is 1. The Kier molecular flexibility index (Phi) is 3.38. The zero-order valence-electron chi connectivity index (χ0n) is 12.9. The van der Waals surface area contributed by atoms with E-state index in [4.69, 9.17) is 0 Å². The zero-order chi connectivity index (χ0) is 15.8. The van der Waals surface area contributed by atoms with Gasteiger partial charge < -0.3 is 4.98 Å². The van der Waals surface area contributed by atoms with Crippen LogP contribution in [-0.2, 0) is 19.5 Å². The second kappa shape index (κ2) is 5.55. The van der Waals surface area contributed by atoms with Crippen LogP contribution in [0.25, 0.3) is 11.0 Å². The van der Waals surface area contributed by atoms with Crippen LogP contribution in [0.15, 0.2) is 35.4 Å². The highest BCUT2D eigenvalue weighted by Crippen LogP contribution is 2.20. The lowest BCUT2D eigenvalue weighted by Gasteiger charge is -2.27. The summed E-state index contributed by atoms with van der Waals surface area (Å²) in [6.45, 7) is 4.08. The van der Waals surface area contributed by atoms with Crippen molar-refractivity contribution in [2.24, 2.45) is 0 Å². The third-order valence-electron chi connectivity index (χ3n) is 4.24. The molecule has 0 fully saturated rings. The molecule has 4 rings (SSSR count). The van der Waals surface area contributed by atoms with Gasteiger partial charge in [0, 0.05) is 38.4 Å². The van der Waals surface area contributed by atoms with E-state index in [2.05, 4.69) is 30.9 Å². The summed E-state index contributed by atoms with van der Waals surface area (Å²) in [6, 6.07) is 6.04. The maximum atomic E-state index is 12.2. The molecule has 116 valence electrons. The smallest absolute Gasteiger partial charge is 0.255 e. The van der Waals surface area contributed by atoms with Crippen LogP contribution in [0.1, 0.15) is 22.6 Å². The Morgan fingerprint density at radius 2 is 2.13 bits per heavy atom. The molecule has 0 saturated heterocycles. The highest BCUT2D eigenvalue weighted by atomic mass is 16.1. The maximum Gasteiger partial charge on any atom is 0.255 e. The maximum absolute atomic E-state index is 12.2. The van der Waals surface area contributed by atoms with E-state index in [1.807, 2.05) is 19.1 Å². The van der Waals surface area contributed by atoms with Gasteiger partial charge in [0.1, 0.15) is 5.82 Å². The fraction of sp³-hybridized carbons (Fsp3) is 0.294. The van der Waals surface area contributed by atoms with E-state index in [-0.39, 0.29) is 5.56 Å². The van der Waals surface area contributed by atoms with E-state index in [9.17, 15) is 4.79 Å². The van der Waals surface area contributed by atoms with Gasteiger partial charge in [0.05, 0.1) is 22.3 Å². The number of hydrogen-bond acceptors (Lipinski definition) is 5. The Hall–Kier alpha value is -2.60. The Labute approximate surface area is 133 Å². The van der Waals surface area contributed by atoms with Gasteiger partial charge in [-0.1, -0.05) is 12.1 Å². The first-order chi connectivity index (χ1) is 11.2. The molecule has 1 aliphatic rings. The van der Waals surface area contributed by atoms with Crippen LogP contribution in [0.2, 0.25) is 0 Å². The monoisotopic (exact) mass is 307 g/mol. The molecule has 3 heterocycles. The van der Waals surface area contributed by atoms with Crippen LogP contribution < -0.4 is 5.56 Å². The van der Waals surface area contributed by atoms with Crippen molar-refractivity contribution in [1.82, 2.24) is 24.8 Å². The van der Waals surface area contributed by atoms with Crippen molar-refractivity contribution < 1.29 is 0 Å². The summed E-state index contributed by atoms with van der Waals surface area (Å²) in [7, 11) is 0. The third-order valence-corrected chi connectivity index (χ3v) is 4.24. The molecule has 3 aromatic rings. The zero-order valence-corrected chi connectivity index (χ0v) is 12.9. The molecule has 23 heavy (non-hydrogen) atoms. The fourth-order valence-corrected chi connectivity index (χ4v) is 3.16. The van der Waals surface area contributed by atoms with Crippen molar-refractivity contribution in [1.29, 1.82) is 0 Å². The molecule has 6 nitrogen and oxygen atoms in total. The van der Waals surface area contributed by atoms with E-state index in [0.717, 1.165) is 47.4 Å². The predicted molar refractivity (Wildman–Crippen MR) is 87.0 cm³/mol. The second-order valence-electron chi connectivity index (χ2n) is 5.88. The molecule has 0 saturated carbocycles. The van der Waals surface area contributed by atoms with Gasteiger partial charge in [0.2, 0.25) is 0 Å². The Balaban J connectivity index is 1.64. The van der Waals surface area contributed by atoms with Gasteiger partial charge in [-0.15, -0.1) is 0 Å². The van der Waals surface area contributed by atoms with Crippen LogP contribution in [0, 0.1) is 6.92 Å². The van der Waals surface area contributed by atoms with Gasteiger partial charge in [-0.2, -0.15) is 0 Å². The number of rotatable bonds is 2. The highest BCUT2D eigenvalue weighted by molar-refractivity contribution is 5.77. The van der Waals surface area contributed by atoms with Gasteiger partial charge in [0.15, 0.2) is 0 Å². The molecule has 0 atom stereocenters. The van der Waals surface area contributed by atoms with E-state index < -0.39 is 0 Å². The molecule has 1 aliphatic heterocycles. The van der Waals surface area contributed by atoms with E-state index in [1.165, 1.54) is 0 Å². The molecule has 6 heteroatoms. The topological polar surface area (TPSA) is 74.8 Å². The Morgan fingerprint density at radius 3 is 3.04 bits per heavy atom. The predicted octanol–water partition coefficient (Wildman–Crippen LogP) is 1.58. The molecular formula is C17H17N5O. The number of nitrogens with one attached hydrogen (secondary N) is 1. The minimum Gasteiger partial charge on any atom is -0.310 e. The first-order valence-electron chi connectivity index (χ1n) is 7.70.